The second-order valence-corrected chi connectivity index (χ2v) is 4.68. The predicted octanol–water partition coefficient (Wildman–Crippen LogP) is -0.138. The lowest BCUT2D eigenvalue weighted by Gasteiger charge is -2.30. The van der Waals surface area contributed by atoms with E-state index in [-0.39, 0.29) is 32.8 Å². The van der Waals surface area contributed by atoms with E-state index in [1.54, 1.807) is 0 Å². The van der Waals surface area contributed by atoms with E-state index in [2.05, 4.69) is 9.97 Å². The van der Waals surface area contributed by atoms with Crippen LogP contribution in [0.1, 0.15) is 5.82 Å². The minimum Gasteiger partial charge on any atom is -0.378 e. The minimum atomic E-state index is -4.08. The Morgan fingerprint density at radius 2 is 2.14 bits per heavy atom. The van der Waals surface area contributed by atoms with E-state index in [1.165, 1.54) is 19.4 Å². The zero-order valence-electron chi connectivity index (χ0n) is 11.5. The van der Waals surface area contributed by atoms with Gasteiger partial charge in [-0.3, -0.25) is 9.59 Å². The summed E-state index contributed by atoms with van der Waals surface area (Å²) in [6.45, 7) is 0.376. The molecule has 0 saturated carbocycles. The molecule has 9 heteroatoms. The number of amides is 2. The van der Waals surface area contributed by atoms with Crippen LogP contribution in [0, 0.1) is 0 Å². The van der Waals surface area contributed by atoms with Crippen LogP contribution in [-0.4, -0.2) is 70.9 Å². The summed E-state index contributed by atoms with van der Waals surface area (Å²) in [5.74, 6) is -6.75. The number of halogens is 2. The average molecular weight is 302 g/mol. The zero-order valence-corrected chi connectivity index (χ0v) is 11.5. The van der Waals surface area contributed by atoms with Crippen molar-refractivity contribution in [1.82, 2.24) is 19.8 Å². The van der Waals surface area contributed by atoms with Gasteiger partial charge in [0.1, 0.15) is 5.82 Å². The van der Waals surface area contributed by atoms with Gasteiger partial charge in [0, 0.05) is 32.5 Å². The Kier molecular flexibility index (Phi) is 4.51. The normalized spacial score (nSPS) is 15.9. The molecule has 21 heavy (non-hydrogen) atoms. The van der Waals surface area contributed by atoms with Crippen molar-refractivity contribution in [3.8, 4) is 0 Å². The van der Waals surface area contributed by atoms with Crippen LogP contribution in [0.2, 0.25) is 0 Å². The Bertz CT molecular complexity index is 501. The number of alkyl halides is 2. The van der Waals surface area contributed by atoms with Crippen molar-refractivity contribution < 1.29 is 23.1 Å². The van der Waals surface area contributed by atoms with Crippen LogP contribution in [0.5, 0.6) is 0 Å². The molecule has 0 atom stereocenters. The van der Waals surface area contributed by atoms with Gasteiger partial charge in [-0.15, -0.1) is 0 Å². The molecule has 1 aromatic heterocycles. The van der Waals surface area contributed by atoms with E-state index in [9.17, 15) is 18.4 Å². The minimum absolute atomic E-state index is 0.0591. The highest BCUT2D eigenvalue weighted by Crippen LogP contribution is 2.21. The number of aromatic nitrogens is 2. The number of carbonyl (C=O) groups is 2. The number of nitrogens with one attached hydrogen (secondary N) is 1. The average Bonchev–Trinajstić information content (AvgIpc) is 2.99. The monoisotopic (exact) mass is 302 g/mol. The van der Waals surface area contributed by atoms with Gasteiger partial charge in [0.2, 0.25) is 0 Å². The Morgan fingerprint density at radius 1 is 1.48 bits per heavy atom. The quantitative estimate of drug-likeness (QED) is 0.785. The standard InChI is InChI=1S/C12H16F2N4O3/c1-17(8-9-15-2-3-16-9)10(19)12(13,14)11(20)18-4-6-21-7-5-18/h2-3H,4-8H2,1H3,(H,15,16). The van der Waals surface area contributed by atoms with Gasteiger partial charge >= 0.3 is 17.7 Å². The molecule has 116 valence electrons. The summed E-state index contributed by atoms with van der Waals surface area (Å²) in [7, 11) is 1.20. The van der Waals surface area contributed by atoms with Crippen LogP contribution < -0.4 is 0 Å². The van der Waals surface area contributed by atoms with Gasteiger partial charge in [-0.25, -0.2) is 4.98 Å². The van der Waals surface area contributed by atoms with Crippen molar-refractivity contribution in [3.05, 3.63) is 18.2 Å². The number of nitrogens with zero attached hydrogens (tertiary/aromatic N) is 3. The molecule has 7 nitrogen and oxygen atoms in total. The summed E-state index contributed by atoms with van der Waals surface area (Å²) >= 11 is 0. The molecule has 0 aromatic carbocycles. The topological polar surface area (TPSA) is 78.5 Å². The molecule has 1 fully saturated rings. The van der Waals surface area contributed by atoms with Crippen molar-refractivity contribution in [3.63, 3.8) is 0 Å². The largest absolute Gasteiger partial charge is 0.401 e. The Balaban J connectivity index is 2.02. The number of morpholine rings is 1. The molecular formula is C12H16F2N4O3. The molecule has 0 spiro atoms. The van der Waals surface area contributed by atoms with Crippen molar-refractivity contribution in [2.24, 2.45) is 0 Å². The number of imidazole rings is 1. The van der Waals surface area contributed by atoms with E-state index in [4.69, 9.17) is 4.74 Å². The van der Waals surface area contributed by atoms with Gasteiger partial charge in [-0.1, -0.05) is 0 Å². The first kappa shape index (κ1) is 15.4. The van der Waals surface area contributed by atoms with Crippen molar-refractivity contribution in [2.75, 3.05) is 33.4 Å². The molecule has 1 aromatic rings. The first-order valence-corrected chi connectivity index (χ1v) is 6.41. The summed E-state index contributed by atoms with van der Waals surface area (Å²) < 4.78 is 33.0. The SMILES string of the molecule is CN(Cc1ncc[nH]1)C(=O)C(F)(F)C(=O)N1CCOCC1. The smallest absolute Gasteiger partial charge is 0.378 e. The number of carbonyl (C=O) groups excluding carboxylic acids is 2. The highest BCUT2D eigenvalue weighted by atomic mass is 19.3. The Hall–Kier alpha value is -2.03. The maximum atomic E-state index is 14.0. The Labute approximate surface area is 119 Å². The Morgan fingerprint density at radius 3 is 2.71 bits per heavy atom. The molecule has 2 heterocycles. The maximum Gasteiger partial charge on any atom is 0.401 e. The summed E-state index contributed by atoms with van der Waals surface area (Å²) in [5, 5.41) is 0. The van der Waals surface area contributed by atoms with Crippen LogP contribution in [0.15, 0.2) is 12.4 Å². The number of ether oxygens (including phenoxy) is 1. The van der Waals surface area contributed by atoms with Crippen LogP contribution in [0.25, 0.3) is 0 Å². The third-order valence-corrected chi connectivity index (χ3v) is 3.12. The van der Waals surface area contributed by atoms with Gasteiger partial charge in [0.15, 0.2) is 0 Å². The third kappa shape index (κ3) is 3.35. The molecular weight excluding hydrogens is 286 g/mol. The predicted molar refractivity (Wildman–Crippen MR) is 67.4 cm³/mol. The highest BCUT2D eigenvalue weighted by molar-refractivity contribution is 6.06. The first-order valence-electron chi connectivity index (χ1n) is 6.41. The lowest BCUT2D eigenvalue weighted by atomic mass is 10.2. The van der Waals surface area contributed by atoms with Gasteiger partial charge in [0.25, 0.3) is 0 Å². The van der Waals surface area contributed by atoms with Crippen LogP contribution >= 0.6 is 0 Å². The second kappa shape index (κ2) is 6.17. The van der Waals surface area contributed by atoms with Crippen LogP contribution in [-0.2, 0) is 20.9 Å². The number of H-pyrrole nitrogens is 1. The van der Waals surface area contributed by atoms with Gasteiger partial charge < -0.3 is 19.5 Å². The molecule has 0 unspecified atom stereocenters. The lowest BCUT2D eigenvalue weighted by molar-refractivity contribution is -0.175. The third-order valence-electron chi connectivity index (χ3n) is 3.12. The summed E-state index contributed by atoms with van der Waals surface area (Å²) in [6, 6.07) is 0. The molecule has 0 radical (unpaired) electrons. The summed E-state index contributed by atoms with van der Waals surface area (Å²) in [5.41, 5.74) is 0. The molecule has 2 amide bonds. The fourth-order valence-corrected chi connectivity index (χ4v) is 1.98. The van der Waals surface area contributed by atoms with Gasteiger partial charge in [-0.2, -0.15) is 8.78 Å². The molecule has 1 N–H and O–H groups in total. The van der Waals surface area contributed by atoms with E-state index < -0.39 is 17.7 Å². The van der Waals surface area contributed by atoms with Crippen molar-refractivity contribution in [1.29, 1.82) is 0 Å². The number of aromatic amines is 1. The van der Waals surface area contributed by atoms with Gasteiger partial charge in [0.05, 0.1) is 19.8 Å². The fourth-order valence-electron chi connectivity index (χ4n) is 1.98. The highest BCUT2D eigenvalue weighted by Gasteiger charge is 2.51. The molecule has 2 rings (SSSR count). The van der Waals surface area contributed by atoms with E-state index in [0.29, 0.717) is 5.82 Å². The number of hydrogen-bond acceptors (Lipinski definition) is 4. The molecule has 0 aliphatic carbocycles. The molecule has 1 aliphatic heterocycles. The second-order valence-electron chi connectivity index (χ2n) is 4.68. The zero-order chi connectivity index (χ0) is 15.5. The van der Waals surface area contributed by atoms with E-state index in [0.717, 1.165) is 9.80 Å². The molecule has 1 saturated heterocycles. The number of hydrogen-bond donors (Lipinski definition) is 1. The van der Waals surface area contributed by atoms with Crippen molar-refractivity contribution in [2.45, 2.75) is 12.5 Å². The van der Waals surface area contributed by atoms with Crippen LogP contribution in [0.3, 0.4) is 0 Å². The van der Waals surface area contributed by atoms with E-state index in [1.807, 2.05) is 0 Å². The molecule has 0 bridgehead atoms. The molecule has 1 aliphatic rings. The maximum absolute atomic E-state index is 14.0. The fraction of sp³-hybridized carbons (Fsp3) is 0.583. The summed E-state index contributed by atoms with van der Waals surface area (Å²) in [4.78, 5) is 31.9. The van der Waals surface area contributed by atoms with Crippen LogP contribution in [0.4, 0.5) is 8.78 Å². The summed E-state index contributed by atoms with van der Waals surface area (Å²) in [6.07, 6.45) is 2.97. The number of rotatable bonds is 4. The lowest BCUT2D eigenvalue weighted by Crippen LogP contribution is -2.55. The van der Waals surface area contributed by atoms with E-state index >= 15 is 0 Å². The van der Waals surface area contributed by atoms with Crippen molar-refractivity contribution >= 4 is 11.8 Å². The van der Waals surface area contributed by atoms with Gasteiger partial charge in [-0.05, 0) is 0 Å². The first-order chi connectivity index (χ1) is 9.93.